The average Bonchev–Trinajstić information content (AvgIpc) is 2.48. The van der Waals surface area contributed by atoms with Crippen molar-refractivity contribution in [3.8, 4) is 6.07 Å². The fraction of sp³-hybridized carbons (Fsp3) is 0.133. The van der Waals surface area contributed by atoms with E-state index in [-0.39, 0.29) is 5.91 Å². The van der Waals surface area contributed by atoms with Gasteiger partial charge in [-0.2, -0.15) is 5.26 Å². The molecule has 0 aliphatic heterocycles. The topological polar surface area (TPSA) is 77.8 Å². The van der Waals surface area contributed by atoms with Crippen LogP contribution in [0.15, 0.2) is 42.6 Å². The van der Waals surface area contributed by atoms with Crippen LogP contribution in [0.4, 0.5) is 11.5 Å². The van der Waals surface area contributed by atoms with Crippen LogP contribution in [0, 0.1) is 11.3 Å². The van der Waals surface area contributed by atoms with Crippen LogP contribution in [-0.2, 0) is 0 Å². The molecule has 1 aromatic heterocycles. The molecule has 100 valence electrons. The molecule has 0 saturated carbocycles. The smallest absolute Gasteiger partial charge is 0.255 e. The predicted molar refractivity (Wildman–Crippen MR) is 77.5 cm³/mol. The maximum atomic E-state index is 12.2. The molecule has 2 N–H and O–H groups in total. The van der Waals surface area contributed by atoms with Gasteiger partial charge >= 0.3 is 0 Å². The zero-order valence-corrected chi connectivity index (χ0v) is 11.1. The Morgan fingerprint density at radius 3 is 2.90 bits per heavy atom. The minimum Gasteiger partial charge on any atom is -0.370 e. The lowest BCUT2D eigenvalue weighted by Crippen LogP contribution is -2.13. The summed E-state index contributed by atoms with van der Waals surface area (Å²) in [5.74, 6) is 0.378. The highest BCUT2D eigenvalue weighted by Crippen LogP contribution is 2.15. The van der Waals surface area contributed by atoms with Gasteiger partial charge in [-0.3, -0.25) is 4.79 Å². The Bertz CT molecular complexity index is 661. The number of carbonyl (C=O) groups is 1. The predicted octanol–water partition coefficient (Wildman–Crippen LogP) is 2.64. The molecule has 0 unspecified atom stereocenters. The molecule has 0 aliphatic carbocycles. The van der Waals surface area contributed by atoms with Crippen molar-refractivity contribution in [3.05, 3.63) is 53.7 Å². The van der Waals surface area contributed by atoms with Crippen molar-refractivity contribution in [1.29, 1.82) is 5.26 Å². The molecular weight excluding hydrogens is 252 g/mol. The van der Waals surface area contributed by atoms with Crippen LogP contribution in [-0.4, -0.2) is 17.4 Å². The summed E-state index contributed by atoms with van der Waals surface area (Å²) in [5, 5.41) is 14.8. The lowest BCUT2D eigenvalue weighted by molar-refractivity contribution is 0.102. The van der Waals surface area contributed by atoms with Crippen LogP contribution in [0.1, 0.15) is 22.8 Å². The number of hydrogen-bond donors (Lipinski definition) is 2. The van der Waals surface area contributed by atoms with Crippen LogP contribution in [0.2, 0.25) is 0 Å². The second-order valence-electron chi connectivity index (χ2n) is 4.07. The highest BCUT2D eigenvalue weighted by atomic mass is 16.1. The summed E-state index contributed by atoms with van der Waals surface area (Å²) in [6.07, 6.45) is 1.57. The summed E-state index contributed by atoms with van der Waals surface area (Å²) >= 11 is 0. The molecule has 2 rings (SSSR count). The molecule has 5 nitrogen and oxygen atoms in total. The standard InChI is InChI=1S/C15H14N4O/c1-2-17-14-9-11(7-8-18-14)15(20)19-13-6-4-3-5-12(13)10-16/h3-9H,2H2,1H3,(H,17,18)(H,19,20). The fourth-order valence-corrected chi connectivity index (χ4v) is 1.73. The van der Waals surface area contributed by atoms with Gasteiger partial charge in [0.25, 0.3) is 5.91 Å². The van der Waals surface area contributed by atoms with Gasteiger partial charge in [0.05, 0.1) is 11.3 Å². The van der Waals surface area contributed by atoms with Gasteiger partial charge in [0.2, 0.25) is 0 Å². The minimum atomic E-state index is -0.269. The van der Waals surface area contributed by atoms with E-state index in [1.807, 2.05) is 13.0 Å². The van der Waals surface area contributed by atoms with Crippen LogP contribution in [0.25, 0.3) is 0 Å². The number of nitriles is 1. The molecule has 0 radical (unpaired) electrons. The largest absolute Gasteiger partial charge is 0.370 e. The molecular formula is C15H14N4O. The summed E-state index contributed by atoms with van der Waals surface area (Å²) in [4.78, 5) is 16.3. The van der Waals surface area contributed by atoms with Gasteiger partial charge in [-0.1, -0.05) is 12.1 Å². The van der Waals surface area contributed by atoms with E-state index in [1.165, 1.54) is 0 Å². The van der Waals surface area contributed by atoms with Crippen LogP contribution < -0.4 is 10.6 Å². The number of para-hydroxylation sites is 1. The van der Waals surface area contributed by atoms with Crippen molar-refractivity contribution in [2.24, 2.45) is 0 Å². The Morgan fingerprint density at radius 1 is 1.35 bits per heavy atom. The van der Waals surface area contributed by atoms with Gasteiger partial charge < -0.3 is 10.6 Å². The van der Waals surface area contributed by atoms with Gasteiger partial charge in [0.15, 0.2) is 0 Å². The highest BCUT2D eigenvalue weighted by molar-refractivity contribution is 6.05. The number of benzene rings is 1. The molecule has 0 aliphatic rings. The second-order valence-corrected chi connectivity index (χ2v) is 4.07. The van der Waals surface area contributed by atoms with Crippen LogP contribution >= 0.6 is 0 Å². The molecule has 0 atom stereocenters. The Hall–Kier alpha value is -2.87. The summed E-state index contributed by atoms with van der Waals surface area (Å²) in [5.41, 5.74) is 1.42. The summed E-state index contributed by atoms with van der Waals surface area (Å²) in [6.45, 7) is 2.69. The molecule has 5 heteroatoms. The second kappa shape index (κ2) is 6.34. The van der Waals surface area contributed by atoms with E-state index in [0.717, 1.165) is 6.54 Å². The maximum Gasteiger partial charge on any atom is 0.255 e. The number of nitrogens with one attached hydrogen (secondary N) is 2. The molecule has 0 saturated heterocycles. The van der Waals surface area contributed by atoms with E-state index in [4.69, 9.17) is 5.26 Å². The van der Waals surface area contributed by atoms with E-state index in [0.29, 0.717) is 22.6 Å². The third-order valence-corrected chi connectivity index (χ3v) is 2.68. The first kappa shape index (κ1) is 13.6. The first-order valence-corrected chi connectivity index (χ1v) is 6.25. The molecule has 0 spiro atoms. The lowest BCUT2D eigenvalue weighted by atomic mass is 10.2. The number of pyridine rings is 1. The van der Waals surface area contributed by atoms with Gasteiger partial charge in [-0.05, 0) is 31.2 Å². The first-order chi connectivity index (χ1) is 9.74. The SMILES string of the molecule is CCNc1cc(C(=O)Nc2ccccc2C#N)ccn1. The summed E-state index contributed by atoms with van der Waals surface area (Å²) in [6, 6.07) is 12.2. The van der Waals surface area contributed by atoms with E-state index >= 15 is 0 Å². The molecule has 0 bridgehead atoms. The number of aromatic nitrogens is 1. The molecule has 0 fully saturated rings. The fourth-order valence-electron chi connectivity index (χ4n) is 1.73. The number of anilines is 2. The zero-order chi connectivity index (χ0) is 14.4. The Balaban J connectivity index is 2.20. The normalized spacial score (nSPS) is 9.60. The monoisotopic (exact) mass is 266 g/mol. The van der Waals surface area contributed by atoms with Crippen molar-refractivity contribution in [2.75, 3.05) is 17.2 Å². The number of nitrogens with zero attached hydrogens (tertiary/aromatic N) is 2. The van der Waals surface area contributed by atoms with Gasteiger partial charge in [0.1, 0.15) is 11.9 Å². The average molecular weight is 266 g/mol. The van der Waals surface area contributed by atoms with E-state index in [2.05, 4.69) is 15.6 Å². The van der Waals surface area contributed by atoms with Crippen molar-refractivity contribution in [1.82, 2.24) is 4.98 Å². The third kappa shape index (κ3) is 3.12. The number of hydrogen-bond acceptors (Lipinski definition) is 4. The molecule has 1 heterocycles. The zero-order valence-electron chi connectivity index (χ0n) is 11.1. The molecule has 2 aromatic rings. The van der Waals surface area contributed by atoms with Crippen LogP contribution in [0.3, 0.4) is 0 Å². The summed E-state index contributed by atoms with van der Waals surface area (Å²) in [7, 11) is 0. The first-order valence-electron chi connectivity index (χ1n) is 6.25. The van der Waals surface area contributed by atoms with Crippen molar-refractivity contribution in [2.45, 2.75) is 6.92 Å². The Morgan fingerprint density at radius 2 is 2.15 bits per heavy atom. The van der Waals surface area contributed by atoms with E-state index in [1.54, 1.807) is 42.6 Å². The number of rotatable bonds is 4. The van der Waals surface area contributed by atoms with Gasteiger partial charge in [-0.25, -0.2) is 4.98 Å². The number of amides is 1. The van der Waals surface area contributed by atoms with Crippen molar-refractivity contribution < 1.29 is 4.79 Å². The molecule has 1 aromatic carbocycles. The highest BCUT2D eigenvalue weighted by Gasteiger charge is 2.09. The maximum absolute atomic E-state index is 12.2. The van der Waals surface area contributed by atoms with Gasteiger partial charge in [-0.15, -0.1) is 0 Å². The Labute approximate surface area is 117 Å². The molecule has 1 amide bonds. The van der Waals surface area contributed by atoms with Crippen molar-refractivity contribution in [3.63, 3.8) is 0 Å². The van der Waals surface area contributed by atoms with E-state index < -0.39 is 0 Å². The number of carbonyl (C=O) groups excluding carboxylic acids is 1. The minimum absolute atomic E-state index is 0.269. The third-order valence-electron chi connectivity index (χ3n) is 2.68. The van der Waals surface area contributed by atoms with Gasteiger partial charge in [0, 0.05) is 18.3 Å². The molecule has 20 heavy (non-hydrogen) atoms. The van der Waals surface area contributed by atoms with Crippen molar-refractivity contribution >= 4 is 17.4 Å². The lowest BCUT2D eigenvalue weighted by Gasteiger charge is -2.08. The summed E-state index contributed by atoms with van der Waals surface area (Å²) < 4.78 is 0. The van der Waals surface area contributed by atoms with Crippen LogP contribution in [0.5, 0.6) is 0 Å². The van der Waals surface area contributed by atoms with E-state index in [9.17, 15) is 4.79 Å². The quantitative estimate of drug-likeness (QED) is 0.891. The Kier molecular flexibility index (Phi) is 4.30.